The number of hydrogen-bond donors (Lipinski definition) is 1. The van der Waals surface area contributed by atoms with E-state index in [4.69, 9.17) is 0 Å². The highest BCUT2D eigenvalue weighted by Crippen LogP contribution is 2.28. The zero-order chi connectivity index (χ0) is 18.1. The number of aromatic nitrogens is 4. The average molecular weight is 363 g/mol. The van der Waals surface area contributed by atoms with Crippen LogP contribution in [-0.2, 0) is 11.2 Å². The molecule has 4 rings (SSSR count). The molecule has 6 nitrogen and oxygen atoms in total. The van der Waals surface area contributed by atoms with Gasteiger partial charge in [0.15, 0.2) is 5.82 Å². The van der Waals surface area contributed by atoms with Gasteiger partial charge in [-0.1, -0.05) is 41.7 Å². The molecule has 0 aliphatic heterocycles. The molecule has 2 aromatic carbocycles. The molecule has 0 fully saturated rings. The average Bonchev–Trinajstić information content (AvgIpc) is 3.20. The van der Waals surface area contributed by atoms with Gasteiger partial charge in [-0.2, -0.15) is 9.61 Å². The van der Waals surface area contributed by atoms with Crippen molar-refractivity contribution in [3.05, 3.63) is 65.5 Å². The van der Waals surface area contributed by atoms with Crippen molar-refractivity contribution in [2.24, 2.45) is 0 Å². The number of hydrogen-bond acceptors (Lipinski definition) is 5. The lowest BCUT2D eigenvalue weighted by Crippen LogP contribution is -2.15. The monoisotopic (exact) mass is 363 g/mol. The SMILES string of the molecule is Cc1cc(-c2nn3c(C)nnc3s2)ccc1NC(=O)Cc1ccccc1. The molecule has 130 valence electrons. The van der Waals surface area contributed by atoms with Gasteiger partial charge in [0, 0.05) is 11.3 Å². The van der Waals surface area contributed by atoms with Gasteiger partial charge in [-0.15, -0.1) is 10.2 Å². The molecule has 1 N–H and O–H groups in total. The summed E-state index contributed by atoms with van der Waals surface area (Å²) in [4.78, 5) is 13.0. The van der Waals surface area contributed by atoms with Crippen molar-refractivity contribution in [2.45, 2.75) is 20.3 Å². The highest BCUT2D eigenvalue weighted by molar-refractivity contribution is 7.19. The maximum atomic E-state index is 12.3. The molecule has 0 saturated heterocycles. The van der Waals surface area contributed by atoms with Crippen LogP contribution in [0.5, 0.6) is 0 Å². The molecule has 0 spiro atoms. The number of carbonyl (C=O) groups is 1. The van der Waals surface area contributed by atoms with Crippen LogP contribution in [-0.4, -0.2) is 25.7 Å². The molecule has 26 heavy (non-hydrogen) atoms. The summed E-state index contributed by atoms with van der Waals surface area (Å²) in [5.74, 6) is 0.741. The standard InChI is InChI=1S/C19H17N5OS/c1-12-10-15(18-23-24-13(2)21-22-19(24)26-18)8-9-16(12)20-17(25)11-14-6-4-3-5-7-14/h3-10H,11H2,1-2H3,(H,20,25). The Morgan fingerprint density at radius 3 is 2.65 bits per heavy atom. The highest BCUT2D eigenvalue weighted by Gasteiger charge is 2.12. The lowest BCUT2D eigenvalue weighted by atomic mass is 10.1. The second kappa shape index (κ2) is 6.68. The van der Waals surface area contributed by atoms with Gasteiger partial charge in [-0.25, -0.2) is 0 Å². The third-order valence-corrected chi connectivity index (χ3v) is 5.05. The first-order valence-electron chi connectivity index (χ1n) is 8.24. The number of anilines is 1. The third kappa shape index (κ3) is 3.21. The molecule has 0 aliphatic rings. The second-order valence-electron chi connectivity index (χ2n) is 6.09. The molecule has 0 atom stereocenters. The van der Waals surface area contributed by atoms with Crippen LogP contribution in [0.4, 0.5) is 5.69 Å². The Morgan fingerprint density at radius 2 is 1.92 bits per heavy atom. The first kappa shape index (κ1) is 16.4. The molecule has 7 heteroatoms. The van der Waals surface area contributed by atoms with Gasteiger partial charge in [0.05, 0.1) is 6.42 Å². The first-order chi connectivity index (χ1) is 12.6. The van der Waals surface area contributed by atoms with Crippen molar-refractivity contribution in [1.82, 2.24) is 19.8 Å². The van der Waals surface area contributed by atoms with E-state index in [1.54, 1.807) is 4.52 Å². The fourth-order valence-electron chi connectivity index (χ4n) is 2.74. The maximum Gasteiger partial charge on any atom is 0.234 e. The first-order valence-corrected chi connectivity index (χ1v) is 9.05. The van der Waals surface area contributed by atoms with E-state index in [0.29, 0.717) is 6.42 Å². The predicted octanol–water partition coefficient (Wildman–Crippen LogP) is 3.65. The van der Waals surface area contributed by atoms with Crippen LogP contribution in [0.2, 0.25) is 0 Å². The van der Waals surface area contributed by atoms with Gasteiger partial charge in [-0.05, 0) is 43.2 Å². The summed E-state index contributed by atoms with van der Waals surface area (Å²) in [5.41, 5.74) is 3.80. The molecule has 0 unspecified atom stereocenters. The normalized spacial score (nSPS) is 11.0. The summed E-state index contributed by atoms with van der Waals surface area (Å²) in [5, 5.41) is 16.5. The Bertz CT molecular complexity index is 1080. The number of rotatable bonds is 4. The topological polar surface area (TPSA) is 72.2 Å². The van der Waals surface area contributed by atoms with E-state index in [-0.39, 0.29) is 5.91 Å². The van der Waals surface area contributed by atoms with Gasteiger partial charge < -0.3 is 5.32 Å². The molecule has 2 heterocycles. The van der Waals surface area contributed by atoms with E-state index >= 15 is 0 Å². The van der Waals surface area contributed by atoms with Gasteiger partial charge >= 0.3 is 0 Å². The quantitative estimate of drug-likeness (QED) is 0.601. The Balaban J connectivity index is 1.53. The number of carbonyl (C=O) groups excluding carboxylic acids is 1. The predicted molar refractivity (Wildman–Crippen MR) is 102 cm³/mol. The number of nitrogens with one attached hydrogen (secondary N) is 1. The van der Waals surface area contributed by atoms with Crippen molar-refractivity contribution >= 4 is 27.9 Å². The van der Waals surface area contributed by atoms with Crippen molar-refractivity contribution in [3.8, 4) is 10.6 Å². The fourth-order valence-corrected chi connectivity index (χ4v) is 3.63. The Kier molecular flexibility index (Phi) is 4.22. The molecule has 1 amide bonds. The number of fused-ring (bicyclic) bond motifs is 1. The van der Waals surface area contributed by atoms with Crippen LogP contribution in [0.3, 0.4) is 0 Å². The summed E-state index contributed by atoms with van der Waals surface area (Å²) in [7, 11) is 0. The Morgan fingerprint density at radius 1 is 1.12 bits per heavy atom. The van der Waals surface area contributed by atoms with E-state index in [1.165, 1.54) is 11.3 Å². The lowest BCUT2D eigenvalue weighted by Gasteiger charge is -2.09. The largest absolute Gasteiger partial charge is 0.326 e. The lowest BCUT2D eigenvalue weighted by molar-refractivity contribution is -0.115. The van der Waals surface area contributed by atoms with Crippen molar-refractivity contribution in [2.75, 3.05) is 5.32 Å². The smallest absolute Gasteiger partial charge is 0.234 e. The molecular formula is C19H17N5OS. The van der Waals surface area contributed by atoms with Crippen LogP contribution < -0.4 is 5.32 Å². The number of amides is 1. The van der Waals surface area contributed by atoms with Crippen molar-refractivity contribution < 1.29 is 4.79 Å². The molecule has 2 aromatic heterocycles. The van der Waals surface area contributed by atoms with Crippen LogP contribution in [0.15, 0.2) is 48.5 Å². The molecule has 0 saturated carbocycles. The molecule has 0 radical (unpaired) electrons. The molecule has 4 aromatic rings. The van der Waals surface area contributed by atoms with Crippen molar-refractivity contribution in [1.29, 1.82) is 0 Å². The van der Waals surface area contributed by atoms with Crippen molar-refractivity contribution in [3.63, 3.8) is 0 Å². The van der Waals surface area contributed by atoms with Crippen LogP contribution in [0.1, 0.15) is 17.0 Å². The third-order valence-electron chi connectivity index (χ3n) is 4.10. The highest BCUT2D eigenvalue weighted by atomic mass is 32.1. The van der Waals surface area contributed by atoms with Crippen LogP contribution in [0.25, 0.3) is 15.5 Å². The minimum Gasteiger partial charge on any atom is -0.326 e. The summed E-state index contributed by atoms with van der Waals surface area (Å²) in [6.45, 7) is 3.85. The van der Waals surface area contributed by atoms with Gasteiger partial charge in [0.1, 0.15) is 5.01 Å². The van der Waals surface area contributed by atoms with Crippen LogP contribution >= 0.6 is 11.3 Å². The minimum atomic E-state index is -0.0264. The zero-order valence-corrected chi connectivity index (χ0v) is 15.2. The molecule has 0 bridgehead atoms. The summed E-state index contributed by atoms with van der Waals surface area (Å²) < 4.78 is 1.74. The Hall–Kier alpha value is -3.06. The van der Waals surface area contributed by atoms with E-state index in [1.807, 2.05) is 62.4 Å². The van der Waals surface area contributed by atoms with E-state index in [2.05, 4.69) is 20.6 Å². The van der Waals surface area contributed by atoms with Gasteiger partial charge in [-0.3, -0.25) is 4.79 Å². The minimum absolute atomic E-state index is 0.0264. The summed E-state index contributed by atoms with van der Waals surface area (Å²) in [6.07, 6.45) is 0.359. The molecular weight excluding hydrogens is 346 g/mol. The van der Waals surface area contributed by atoms with E-state index in [9.17, 15) is 4.79 Å². The van der Waals surface area contributed by atoms with Gasteiger partial charge in [0.2, 0.25) is 10.9 Å². The van der Waals surface area contributed by atoms with E-state index < -0.39 is 0 Å². The second-order valence-corrected chi connectivity index (χ2v) is 7.05. The number of aryl methyl sites for hydroxylation is 2. The summed E-state index contributed by atoms with van der Waals surface area (Å²) >= 11 is 1.49. The fraction of sp³-hybridized carbons (Fsp3) is 0.158. The summed E-state index contributed by atoms with van der Waals surface area (Å²) in [6, 6.07) is 15.6. The van der Waals surface area contributed by atoms with Crippen LogP contribution in [0, 0.1) is 13.8 Å². The Labute approximate surface area is 154 Å². The number of nitrogens with zero attached hydrogens (tertiary/aromatic N) is 4. The number of benzene rings is 2. The maximum absolute atomic E-state index is 12.3. The van der Waals surface area contributed by atoms with Gasteiger partial charge in [0.25, 0.3) is 0 Å². The van der Waals surface area contributed by atoms with E-state index in [0.717, 1.165) is 38.2 Å². The molecule has 0 aliphatic carbocycles. The zero-order valence-electron chi connectivity index (χ0n) is 14.4.